The average Bonchev–Trinajstić information content (AvgIpc) is 2.69. The first-order valence-corrected chi connectivity index (χ1v) is 4.00. The van der Waals surface area contributed by atoms with E-state index in [0.29, 0.717) is 0 Å². The SMILES string of the molecule is CNCCN=C(C)C1CC1. The predicted octanol–water partition coefficient (Wildman–Crippen LogP) is 1.08. The third kappa shape index (κ3) is 2.48. The maximum absolute atomic E-state index is 4.43. The summed E-state index contributed by atoms with van der Waals surface area (Å²) in [4.78, 5) is 4.43. The Morgan fingerprint density at radius 2 is 2.30 bits per heavy atom. The smallest absolute Gasteiger partial charge is 0.0513 e. The van der Waals surface area contributed by atoms with E-state index < -0.39 is 0 Å². The third-order valence-electron chi connectivity index (χ3n) is 1.89. The molecule has 10 heavy (non-hydrogen) atoms. The van der Waals surface area contributed by atoms with Crippen molar-refractivity contribution in [2.75, 3.05) is 20.1 Å². The molecule has 0 radical (unpaired) electrons. The van der Waals surface area contributed by atoms with Crippen LogP contribution >= 0.6 is 0 Å². The van der Waals surface area contributed by atoms with Gasteiger partial charge in [0.15, 0.2) is 0 Å². The molecule has 1 aliphatic rings. The Morgan fingerprint density at radius 1 is 1.60 bits per heavy atom. The first kappa shape index (κ1) is 7.73. The van der Waals surface area contributed by atoms with E-state index in [4.69, 9.17) is 0 Å². The molecule has 1 fully saturated rings. The summed E-state index contributed by atoms with van der Waals surface area (Å²) in [7, 11) is 1.96. The number of hydrogen-bond donors (Lipinski definition) is 1. The highest BCUT2D eigenvalue weighted by Gasteiger charge is 2.23. The Morgan fingerprint density at radius 3 is 2.80 bits per heavy atom. The highest BCUT2D eigenvalue weighted by molar-refractivity contribution is 5.86. The molecule has 0 aromatic carbocycles. The van der Waals surface area contributed by atoms with E-state index in [1.165, 1.54) is 18.6 Å². The Labute approximate surface area is 62.7 Å². The van der Waals surface area contributed by atoms with E-state index >= 15 is 0 Å². The topological polar surface area (TPSA) is 24.4 Å². The van der Waals surface area contributed by atoms with Gasteiger partial charge in [-0.3, -0.25) is 4.99 Å². The normalized spacial score (nSPS) is 19.6. The van der Waals surface area contributed by atoms with Gasteiger partial charge in [-0.15, -0.1) is 0 Å². The lowest BCUT2D eigenvalue weighted by Gasteiger charge is -1.96. The van der Waals surface area contributed by atoms with Crippen molar-refractivity contribution >= 4 is 5.71 Å². The second-order valence-electron chi connectivity index (χ2n) is 2.90. The molecule has 0 amide bonds. The molecule has 0 aliphatic heterocycles. The van der Waals surface area contributed by atoms with Gasteiger partial charge in [0.05, 0.1) is 6.54 Å². The van der Waals surface area contributed by atoms with Gasteiger partial charge >= 0.3 is 0 Å². The minimum atomic E-state index is 0.844. The van der Waals surface area contributed by atoms with E-state index in [9.17, 15) is 0 Å². The maximum atomic E-state index is 4.43. The van der Waals surface area contributed by atoms with E-state index in [1.54, 1.807) is 0 Å². The fraction of sp³-hybridized carbons (Fsp3) is 0.875. The fourth-order valence-electron chi connectivity index (χ4n) is 0.974. The lowest BCUT2D eigenvalue weighted by Crippen LogP contribution is -2.11. The Hall–Kier alpha value is -0.370. The number of aliphatic imine (C=N–C) groups is 1. The minimum absolute atomic E-state index is 0.844. The van der Waals surface area contributed by atoms with Crippen molar-refractivity contribution in [3.8, 4) is 0 Å². The van der Waals surface area contributed by atoms with Gasteiger partial charge in [0.25, 0.3) is 0 Å². The van der Waals surface area contributed by atoms with Crippen LogP contribution in [0.25, 0.3) is 0 Å². The van der Waals surface area contributed by atoms with Crippen LogP contribution in [0.1, 0.15) is 19.8 Å². The Balaban J connectivity index is 2.11. The van der Waals surface area contributed by atoms with Crippen molar-refractivity contribution < 1.29 is 0 Å². The molecular formula is C8H16N2. The van der Waals surface area contributed by atoms with Crippen LogP contribution in [-0.2, 0) is 0 Å². The molecular weight excluding hydrogens is 124 g/mol. The third-order valence-corrected chi connectivity index (χ3v) is 1.89. The predicted molar refractivity (Wildman–Crippen MR) is 44.6 cm³/mol. The molecule has 0 atom stereocenters. The van der Waals surface area contributed by atoms with Crippen LogP contribution < -0.4 is 5.32 Å². The molecule has 0 unspecified atom stereocenters. The number of nitrogens with one attached hydrogen (secondary N) is 1. The zero-order valence-electron chi connectivity index (χ0n) is 6.85. The summed E-state index contributed by atoms with van der Waals surface area (Å²) < 4.78 is 0. The first-order valence-electron chi connectivity index (χ1n) is 4.00. The summed E-state index contributed by atoms with van der Waals surface area (Å²) in [5, 5.41) is 3.08. The molecule has 0 spiro atoms. The standard InChI is InChI=1S/C8H16N2/c1-7(8-3-4-8)10-6-5-9-2/h8-9H,3-6H2,1-2H3. The molecule has 0 saturated heterocycles. The minimum Gasteiger partial charge on any atom is -0.318 e. The largest absolute Gasteiger partial charge is 0.318 e. The van der Waals surface area contributed by atoms with E-state index in [2.05, 4.69) is 17.2 Å². The van der Waals surface area contributed by atoms with Gasteiger partial charge in [-0.25, -0.2) is 0 Å². The van der Waals surface area contributed by atoms with Crippen LogP contribution in [0.3, 0.4) is 0 Å². The summed E-state index contributed by atoms with van der Waals surface area (Å²) >= 11 is 0. The molecule has 1 rings (SSSR count). The quantitative estimate of drug-likeness (QED) is 0.458. The lowest BCUT2D eigenvalue weighted by molar-refractivity contribution is 0.799. The number of hydrogen-bond acceptors (Lipinski definition) is 2. The molecule has 1 N–H and O–H groups in total. The second-order valence-corrected chi connectivity index (χ2v) is 2.90. The van der Waals surface area contributed by atoms with Gasteiger partial charge < -0.3 is 5.32 Å². The van der Waals surface area contributed by atoms with Gasteiger partial charge in [-0.05, 0) is 32.7 Å². The second kappa shape index (κ2) is 3.71. The molecule has 0 aromatic heterocycles. The van der Waals surface area contributed by atoms with Gasteiger partial charge in [0.1, 0.15) is 0 Å². The maximum Gasteiger partial charge on any atom is 0.0513 e. The van der Waals surface area contributed by atoms with Crippen LogP contribution in [0.2, 0.25) is 0 Å². The molecule has 2 nitrogen and oxygen atoms in total. The van der Waals surface area contributed by atoms with Crippen molar-refractivity contribution in [1.82, 2.24) is 5.32 Å². The molecule has 0 bridgehead atoms. The van der Waals surface area contributed by atoms with Gasteiger partial charge in [0, 0.05) is 12.3 Å². The number of nitrogens with zero attached hydrogens (tertiary/aromatic N) is 1. The summed E-state index contributed by atoms with van der Waals surface area (Å²) in [5.41, 5.74) is 1.36. The molecule has 1 aliphatic carbocycles. The van der Waals surface area contributed by atoms with Gasteiger partial charge in [0.2, 0.25) is 0 Å². The van der Waals surface area contributed by atoms with Crippen molar-refractivity contribution in [3.05, 3.63) is 0 Å². The van der Waals surface area contributed by atoms with Crippen LogP contribution in [0, 0.1) is 5.92 Å². The Bertz CT molecular complexity index is 125. The highest BCUT2D eigenvalue weighted by atomic mass is 14.9. The van der Waals surface area contributed by atoms with E-state index in [-0.39, 0.29) is 0 Å². The first-order chi connectivity index (χ1) is 4.84. The monoisotopic (exact) mass is 140 g/mol. The van der Waals surface area contributed by atoms with Crippen molar-refractivity contribution in [2.45, 2.75) is 19.8 Å². The fourth-order valence-corrected chi connectivity index (χ4v) is 0.974. The molecule has 1 saturated carbocycles. The lowest BCUT2D eigenvalue weighted by atomic mass is 10.3. The molecule has 58 valence electrons. The number of likely N-dealkylation sites (N-methyl/N-ethyl adjacent to an activating group) is 1. The van der Waals surface area contributed by atoms with Crippen LogP contribution in [0.4, 0.5) is 0 Å². The van der Waals surface area contributed by atoms with Gasteiger partial charge in [-0.1, -0.05) is 0 Å². The van der Waals surface area contributed by atoms with E-state index in [1.807, 2.05) is 7.05 Å². The highest BCUT2D eigenvalue weighted by Crippen LogP contribution is 2.30. The zero-order valence-corrected chi connectivity index (χ0v) is 6.85. The van der Waals surface area contributed by atoms with Crippen molar-refractivity contribution in [1.29, 1.82) is 0 Å². The summed E-state index contributed by atoms with van der Waals surface area (Å²) in [6.45, 7) is 4.09. The van der Waals surface area contributed by atoms with Crippen LogP contribution in [0.15, 0.2) is 4.99 Å². The summed E-state index contributed by atoms with van der Waals surface area (Å²) in [5.74, 6) is 0.844. The molecule has 0 aromatic rings. The van der Waals surface area contributed by atoms with Crippen LogP contribution in [-0.4, -0.2) is 25.8 Å². The zero-order chi connectivity index (χ0) is 7.40. The molecule has 0 heterocycles. The van der Waals surface area contributed by atoms with Crippen LogP contribution in [0.5, 0.6) is 0 Å². The summed E-state index contributed by atoms with van der Waals surface area (Å²) in [6.07, 6.45) is 2.74. The molecule has 2 heteroatoms. The van der Waals surface area contributed by atoms with Crippen molar-refractivity contribution in [2.24, 2.45) is 10.9 Å². The number of rotatable bonds is 4. The van der Waals surface area contributed by atoms with E-state index in [0.717, 1.165) is 19.0 Å². The van der Waals surface area contributed by atoms with Crippen molar-refractivity contribution in [3.63, 3.8) is 0 Å². The van der Waals surface area contributed by atoms with Gasteiger partial charge in [-0.2, -0.15) is 0 Å². The summed E-state index contributed by atoms with van der Waals surface area (Å²) in [6, 6.07) is 0. The average molecular weight is 140 g/mol. The Kier molecular flexibility index (Phi) is 2.87.